The van der Waals surface area contributed by atoms with Crippen LogP contribution in [0.2, 0.25) is 0 Å². The second kappa shape index (κ2) is 4.38. The average Bonchev–Trinajstić information content (AvgIpc) is 2.73. The molecule has 1 N–H and O–H groups in total. The monoisotopic (exact) mass is 271 g/mol. The summed E-state index contributed by atoms with van der Waals surface area (Å²) in [5.74, 6) is -1.10. The largest absolute Gasteiger partial charge is 0.478 e. The summed E-state index contributed by atoms with van der Waals surface area (Å²) in [6.45, 7) is 1.58. The van der Waals surface area contributed by atoms with Crippen molar-refractivity contribution < 1.29 is 23.1 Å². The van der Waals surface area contributed by atoms with Crippen LogP contribution >= 0.6 is 0 Å². The van der Waals surface area contributed by atoms with Crippen molar-refractivity contribution in [3.8, 4) is 5.82 Å². The summed E-state index contributed by atoms with van der Waals surface area (Å²) < 4.78 is 39.1. The van der Waals surface area contributed by atoms with Gasteiger partial charge in [0.25, 0.3) is 0 Å². The van der Waals surface area contributed by atoms with Gasteiger partial charge in [-0.3, -0.25) is 0 Å². The molecule has 0 aliphatic carbocycles. The third-order valence-electron chi connectivity index (χ3n) is 2.39. The lowest BCUT2D eigenvalue weighted by Crippen LogP contribution is -2.09. The summed E-state index contributed by atoms with van der Waals surface area (Å²) in [7, 11) is 0. The molecule has 0 atom stereocenters. The topological polar surface area (TPSA) is 68.0 Å². The molecule has 0 aliphatic rings. The van der Waals surface area contributed by atoms with E-state index in [0.717, 1.165) is 10.8 Å². The minimum Gasteiger partial charge on any atom is -0.478 e. The Morgan fingerprint density at radius 2 is 2.05 bits per heavy atom. The Kier molecular flexibility index (Phi) is 3.01. The molecule has 5 nitrogen and oxygen atoms in total. The van der Waals surface area contributed by atoms with Crippen LogP contribution in [-0.4, -0.2) is 25.6 Å². The van der Waals surface area contributed by atoms with E-state index in [1.54, 1.807) is 6.92 Å². The maximum atomic E-state index is 12.7. The average molecular weight is 271 g/mol. The molecular weight excluding hydrogens is 263 g/mol. The normalized spacial score (nSPS) is 11.6. The summed E-state index contributed by atoms with van der Waals surface area (Å²) in [6.07, 6.45) is -1.77. The van der Waals surface area contributed by atoms with Gasteiger partial charge in [-0.25, -0.2) is 14.8 Å². The van der Waals surface area contributed by atoms with Crippen LogP contribution in [0, 0.1) is 6.92 Å². The van der Waals surface area contributed by atoms with E-state index in [-0.39, 0.29) is 5.82 Å². The Balaban J connectivity index is 2.58. The molecule has 0 fully saturated rings. The minimum atomic E-state index is -4.74. The molecule has 0 aliphatic heterocycles. The van der Waals surface area contributed by atoms with E-state index in [9.17, 15) is 18.0 Å². The smallest absolute Gasteiger partial charge is 0.418 e. The molecule has 0 saturated carbocycles. The zero-order valence-electron chi connectivity index (χ0n) is 9.64. The molecule has 100 valence electrons. The van der Waals surface area contributed by atoms with Crippen LogP contribution < -0.4 is 0 Å². The highest BCUT2D eigenvalue weighted by molar-refractivity contribution is 5.89. The molecule has 8 heteroatoms. The number of carbonyl (C=O) groups is 1. The standard InChI is InChI=1S/C11H8F3N3O2/c1-6-15-3-2-9(16-6)17-4-7(10(18)19)8(5-17)11(12,13)14/h2-5H,1H3,(H,18,19). The van der Waals surface area contributed by atoms with Gasteiger partial charge in [-0.05, 0) is 13.0 Å². The fraction of sp³-hybridized carbons (Fsp3) is 0.182. The molecule has 2 aromatic heterocycles. The van der Waals surface area contributed by atoms with Crippen LogP contribution in [0.25, 0.3) is 5.82 Å². The highest BCUT2D eigenvalue weighted by Gasteiger charge is 2.37. The molecule has 2 aromatic rings. The summed E-state index contributed by atoms with van der Waals surface area (Å²) in [4.78, 5) is 18.6. The lowest BCUT2D eigenvalue weighted by atomic mass is 10.2. The molecule has 19 heavy (non-hydrogen) atoms. The Morgan fingerprint density at radius 1 is 1.37 bits per heavy atom. The first-order chi connectivity index (χ1) is 8.79. The lowest BCUT2D eigenvalue weighted by molar-refractivity contribution is -0.138. The molecule has 0 saturated heterocycles. The van der Waals surface area contributed by atoms with E-state index in [2.05, 4.69) is 9.97 Å². The zero-order valence-corrected chi connectivity index (χ0v) is 9.64. The molecule has 0 unspecified atom stereocenters. The van der Waals surface area contributed by atoms with Crippen molar-refractivity contribution in [2.75, 3.05) is 0 Å². The number of carboxylic acid groups (broad SMARTS) is 1. The van der Waals surface area contributed by atoms with Crippen molar-refractivity contribution in [1.82, 2.24) is 14.5 Å². The quantitative estimate of drug-likeness (QED) is 0.909. The Labute approximate surface area is 105 Å². The maximum absolute atomic E-state index is 12.7. The molecular formula is C11H8F3N3O2. The number of hydrogen-bond donors (Lipinski definition) is 1. The predicted molar refractivity (Wildman–Crippen MR) is 58.1 cm³/mol. The highest BCUT2D eigenvalue weighted by Crippen LogP contribution is 2.33. The third kappa shape index (κ3) is 2.56. The highest BCUT2D eigenvalue weighted by atomic mass is 19.4. The number of aromatic carboxylic acids is 1. The predicted octanol–water partition coefficient (Wildman–Crippen LogP) is 2.29. The van der Waals surface area contributed by atoms with Crippen molar-refractivity contribution in [1.29, 1.82) is 0 Å². The number of hydrogen-bond acceptors (Lipinski definition) is 3. The van der Waals surface area contributed by atoms with Crippen molar-refractivity contribution in [3.63, 3.8) is 0 Å². The maximum Gasteiger partial charge on any atom is 0.418 e. The fourth-order valence-electron chi connectivity index (χ4n) is 1.57. The van der Waals surface area contributed by atoms with Crippen molar-refractivity contribution in [2.45, 2.75) is 13.1 Å². The van der Waals surface area contributed by atoms with Gasteiger partial charge in [0.1, 0.15) is 11.6 Å². The van der Waals surface area contributed by atoms with E-state index in [1.165, 1.54) is 12.3 Å². The van der Waals surface area contributed by atoms with Crippen LogP contribution in [0.15, 0.2) is 24.7 Å². The van der Waals surface area contributed by atoms with Gasteiger partial charge in [-0.15, -0.1) is 0 Å². The lowest BCUT2D eigenvalue weighted by Gasteiger charge is -2.04. The number of nitrogens with zero attached hydrogens (tertiary/aromatic N) is 3. The molecule has 0 bridgehead atoms. The van der Waals surface area contributed by atoms with Gasteiger partial charge in [-0.2, -0.15) is 13.2 Å². The number of carboxylic acids is 1. The second-order valence-corrected chi connectivity index (χ2v) is 3.76. The number of aryl methyl sites for hydroxylation is 1. The Bertz CT molecular complexity index is 634. The van der Waals surface area contributed by atoms with E-state index in [1.807, 2.05) is 0 Å². The molecule has 2 rings (SSSR count). The summed E-state index contributed by atoms with van der Waals surface area (Å²) in [5, 5.41) is 8.80. The van der Waals surface area contributed by atoms with Crippen LogP contribution in [0.5, 0.6) is 0 Å². The first-order valence-electron chi connectivity index (χ1n) is 5.11. The van der Waals surface area contributed by atoms with E-state index in [4.69, 9.17) is 5.11 Å². The van der Waals surface area contributed by atoms with E-state index < -0.39 is 23.3 Å². The number of rotatable bonds is 2. The third-order valence-corrected chi connectivity index (χ3v) is 2.39. The van der Waals surface area contributed by atoms with E-state index in [0.29, 0.717) is 12.0 Å². The van der Waals surface area contributed by atoms with Gasteiger partial charge in [0, 0.05) is 18.6 Å². The van der Waals surface area contributed by atoms with Gasteiger partial charge in [0.2, 0.25) is 0 Å². The first kappa shape index (κ1) is 13.1. The van der Waals surface area contributed by atoms with Crippen LogP contribution in [0.3, 0.4) is 0 Å². The van der Waals surface area contributed by atoms with Gasteiger partial charge >= 0.3 is 12.1 Å². The van der Waals surface area contributed by atoms with Gasteiger partial charge in [-0.1, -0.05) is 0 Å². The molecule has 0 radical (unpaired) electrons. The molecule has 0 amide bonds. The van der Waals surface area contributed by atoms with Crippen LogP contribution in [0.4, 0.5) is 13.2 Å². The van der Waals surface area contributed by atoms with Gasteiger partial charge < -0.3 is 9.67 Å². The Morgan fingerprint density at radius 3 is 2.53 bits per heavy atom. The van der Waals surface area contributed by atoms with Gasteiger partial charge in [0.05, 0.1) is 11.1 Å². The summed E-state index contributed by atoms with van der Waals surface area (Å²) in [5.41, 5.74) is -2.03. The zero-order chi connectivity index (χ0) is 14.2. The molecule has 0 aromatic carbocycles. The summed E-state index contributed by atoms with van der Waals surface area (Å²) in [6, 6.07) is 1.39. The van der Waals surface area contributed by atoms with Crippen molar-refractivity contribution >= 4 is 5.97 Å². The molecule has 0 spiro atoms. The number of aromatic nitrogens is 3. The minimum absolute atomic E-state index is 0.172. The Hall–Kier alpha value is -2.38. The van der Waals surface area contributed by atoms with Crippen molar-refractivity contribution in [2.24, 2.45) is 0 Å². The van der Waals surface area contributed by atoms with Crippen LogP contribution in [0.1, 0.15) is 21.7 Å². The summed E-state index contributed by atoms with van der Waals surface area (Å²) >= 11 is 0. The first-order valence-corrected chi connectivity index (χ1v) is 5.11. The second-order valence-electron chi connectivity index (χ2n) is 3.76. The van der Waals surface area contributed by atoms with E-state index >= 15 is 0 Å². The van der Waals surface area contributed by atoms with Crippen LogP contribution in [-0.2, 0) is 6.18 Å². The number of alkyl halides is 3. The SMILES string of the molecule is Cc1nccc(-n2cc(C(=O)O)c(C(F)(F)F)c2)n1. The van der Waals surface area contributed by atoms with Gasteiger partial charge in [0.15, 0.2) is 0 Å². The molecule has 2 heterocycles. The fourth-order valence-corrected chi connectivity index (χ4v) is 1.57. The number of halogens is 3. The van der Waals surface area contributed by atoms with Crippen molar-refractivity contribution in [3.05, 3.63) is 41.6 Å².